The second-order valence-corrected chi connectivity index (χ2v) is 4.98. The van der Waals surface area contributed by atoms with Crippen molar-refractivity contribution in [2.45, 2.75) is 0 Å². The maximum atomic E-state index is 5.62. The van der Waals surface area contributed by atoms with Gasteiger partial charge in [-0.05, 0) is 12.1 Å². The lowest BCUT2D eigenvalue weighted by molar-refractivity contribution is 1.08. The number of nitrogens with two attached hydrogens (primary N) is 1. The third kappa shape index (κ3) is 1.78. The molecule has 0 amide bonds. The average Bonchev–Trinajstić information content (AvgIpc) is 2.93. The second kappa shape index (κ2) is 3.95. The Labute approximate surface area is 108 Å². The summed E-state index contributed by atoms with van der Waals surface area (Å²) >= 11 is 1.40. The molecule has 0 fully saturated rings. The van der Waals surface area contributed by atoms with E-state index in [2.05, 4.69) is 19.9 Å². The Morgan fingerprint density at radius 3 is 2.72 bits per heavy atom. The Balaban J connectivity index is 2.11. The van der Waals surface area contributed by atoms with Crippen LogP contribution in [-0.2, 0) is 0 Å². The van der Waals surface area contributed by atoms with Gasteiger partial charge < -0.3 is 15.6 Å². The summed E-state index contributed by atoms with van der Waals surface area (Å²) in [5.74, 6) is 1.57. The first-order chi connectivity index (χ1) is 8.63. The van der Waals surface area contributed by atoms with Gasteiger partial charge in [0.05, 0.1) is 5.52 Å². The summed E-state index contributed by atoms with van der Waals surface area (Å²) in [6, 6.07) is 3.91. The van der Waals surface area contributed by atoms with Crippen molar-refractivity contribution in [3.05, 3.63) is 17.5 Å². The molecule has 0 saturated carbocycles. The maximum Gasteiger partial charge on any atom is 0.180 e. The van der Waals surface area contributed by atoms with Crippen LogP contribution < -0.4 is 10.6 Å². The highest BCUT2D eigenvalue weighted by molar-refractivity contribution is 7.13. The molecule has 0 unspecified atom stereocenters. The molecule has 7 heteroatoms. The van der Waals surface area contributed by atoms with Crippen molar-refractivity contribution >= 4 is 33.5 Å². The lowest BCUT2D eigenvalue weighted by atomic mass is 10.4. The van der Waals surface area contributed by atoms with Gasteiger partial charge in [-0.15, -0.1) is 11.3 Å². The SMILES string of the molecule is CN(C)c1ccc2[nH]c(-c3csc(N)n3)nc2n1. The summed E-state index contributed by atoms with van der Waals surface area (Å²) in [6.07, 6.45) is 0. The molecule has 0 aliphatic carbocycles. The number of nitrogen functional groups attached to an aromatic ring is 1. The molecule has 0 aliphatic rings. The van der Waals surface area contributed by atoms with Gasteiger partial charge in [0.25, 0.3) is 0 Å². The van der Waals surface area contributed by atoms with Gasteiger partial charge in [-0.25, -0.2) is 15.0 Å². The van der Waals surface area contributed by atoms with Crippen LogP contribution in [0.4, 0.5) is 10.9 Å². The topological polar surface area (TPSA) is 83.7 Å². The third-order valence-corrected chi connectivity index (χ3v) is 3.23. The molecular formula is C11H12N6S. The van der Waals surface area contributed by atoms with Crippen LogP contribution in [0.15, 0.2) is 17.5 Å². The van der Waals surface area contributed by atoms with Crippen LogP contribution in [0.1, 0.15) is 0 Å². The number of imidazole rings is 1. The quantitative estimate of drug-likeness (QED) is 0.733. The highest BCUT2D eigenvalue weighted by Gasteiger charge is 2.10. The van der Waals surface area contributed by atoms with Crippen molar-refractivity contribution in [1.29, 1.82) is 0 Å². The number of anilines is 2. The zero-order valence-electron chi connectivity index (χ0n) is 10.0. The van der Waals surface area contributed by atoms with Gasteiger partial charge in [0.2, 0.25) is 0 Å². The molecule has 92 valence electrons. The first-order valence-electron chi connectivity index (χ1n) is 5.39. The van der Waals surface area contributed by atoms with Crippen molar-refractivity contribution in [1.82, 2.24) is 19.9 Å². The summed E-state index contributed by atoms with van der Waals surface area (Å²) in [5, 5.41) is 2.41. The Morgan fingerprint density at radius 2 is 2.06 bits per heavy atom. The first-order valence-corrected chi connectivity index (χ1v) is 6.27. The van der Waals surface area contributed by atoms with E-state index in [0.29, 0.717) is 16.6 Å². The van der Waals surface area contributed by atoms with Crippen molar-refractivity contribution in [3.8, 4) is 11.5 Å². The number of rotatable bonds is 2. The lowest BCUT2D eigenvalue weighted by Crippen LogP contribution is -2.10. The molecule has 3 heterocycles. The fraction of sp³-hybridized carbons (Fsp3) is 0.182. The van der Waals surface area contributed by atoms with Crippen LogP contribution >= 0.6 is 11.3 Å². The predicted octanol–water partition coefficient (Wildman–Crippen LogP) is 1.73. The molecule has 0 saturated heterocycles. The van der Waals surface area contributed by atoms with Crippen molar-refractivity contribution in [3.63, 3.8) is 0 Å². The van der Waals surface area contributed by atoms with E-state index in [1.54, 1.807) is 0 Å². The standard InChI is InChI=1S/C11H12N6S/c1-17(2)8-4-3-6-9(15-8)16-10(13-6)7-5-18-11(12)14-7/h3-5H,1-2H3,(H2,12,14)(H,13,15,16). The monoisotopic (exact) mass is 260 g/mol. The van der Waals surface area contributed by atoms with Gasteiger partial charge in [0.1, 0.15) is 11.5 Å². The van der Waals surface area contributed by atoms with Gasteiger partial charge >= 0.3 is 0 Å². The summed E-state index contributed by atoms with van der Waals surface area (Å²) < 4.78 is 0. The van der Waals surface area contributed by atoms with Gasteiger partial charge in [-0.2, -0.15) is 0 Å². The third-order valence-electron chi connectivity index (χ3n) is 2.55. The molecule has 0 spiro atoms. The number of thiazole rings is 1. The number of fused-ring (bicyclic) bond motifs is 1. The van der Waals surface area contributed by atoms with Crippen LogP contribution in [0.3, 0.4) is 0 Å². The number of pyridine rings is 1. The highest BCUT2D eigenvalue weighted by atomic mass is 32.1. The van der Waals surface area contributed by atoms with E-state index in [9.17, 15) is 0 Å². The minimum absolute atomic E-state index is 0.535. The van der Waals surface area contributed by atoms with Gasteiger partial charge in [-0.3, -0.25) is 0 Å². The van der Waals surface area contributed by atoms with Gasteiger partial charge in [0.15, 0.2) is 16.6 Å². The largest absolute Gasteiger partial charge is 0.375 e. The predicted molar refractivity (Wildman–Crippen MR) is 73.7 cm³/mol. The average molecular weight is 260 g/mol. The van der Waals surface area contributed by atoms with Crippen LogP contribution in [0, 0.1) is 0 Å². The normalized spacial score (nSPS) is 11.0. The van der Waals surface area contributed by atoms with E-state index >= 15 is 0 Å². The van der Waals surface area contributed by atoms with Crippen LogP contribution in [0.2, 0.25) is 0 Å². The van der Waals surface area contributed by atoms with E-state index in [-0.39, 0.29) is 0 Å². The van der Waals surface area contributed by atoms with Crippen LogP contribution in [0.25, 0.3) is 22.7 Å². The van der Waals surface area contributed by atoms with E-state index in [0.717, 1.165) is 17.0 Å². The zero-order valence-corrected chi connectivity index (χ0v) is 10.8. The second-order valence-electron chi connectivity index (χ2n) is 4.09. The van der Waals surface area contributed by atoms with Crippen molar-refractivity contribution in [2.24, 2.45) is 0 Å². The Bertz CT molecular complexity index is 698. The number of H-pyrrole nitrogens is 1. The molecule has 0 aromatic carbocycles. The first kappa shape index (κ1) is 11.0. The summed E-state index contributed by atoms with van der Waals surface area (Å²) in [4.78, 5) is 18.2. The fourth-order valence-corrected chi connectivity index (χ4v) is 2.20. The number of hydrogen-bond donors (Lipinski definition) is 2. The summed E-state index contributed by atoms with van der Waals surface area (Å²) in [5.41, 5.74) is 7.94. The molecule has 3 aromatic rings. The number of aromatic amines is 1. The minimum atomic E-state index is 0.535. The molecule has 6 nitrogen and oxygen atoms in total. The van der Waals surface area contributed by atoms with Crippen molar-refractivity contribution < 1.29 is 0 Å². The van der Waals surface area contributed by atoms with E-state index in [1.807, 2.05) is 36.5 Å². The fourth-order valence-electron chi connectivity index (χ4n) is 1.65. The number of hydrogen-bond acceptors (Lipinski definition) is 6. The molecule has 18 heavy (non-hydrogen) atoms. The van der Waals surface area contributed by atoms with E-state index in [1.165, 1.54) is 11.3 Å². The lowest BCUT2D eigenvalue weighted by Gasteiger charge is -2.09. The molecule has 0 bridgehead atoms. The molecule has 0 radical (unpaired) electrons. The molecular weight excluding hydrogens is 248 g/mol. The number of nitrogens with zero attached hydrogens (tertiary/aromatic N) is 4. The molecule has 0 aliphatic heterocycles. The Hall–Kier alpha value is -2.15. The summed E-state index contributed by atoms with van der Waals surface area (Å²) in [6.45, 7) is 0. The Morgan fingerprint density at radius 1 is 1.22 bits per heavy atom. The highest BCUT2D eigenvalue weighted by Crippen LogP contribution is 2.23. The van der Waals surface area contributed by atoms with Crippen molar-refractivity contribution in [2.75, 3.05) is 24.7 Å². The van der Waals surface area contributed by atoms with Crippen LogP contribution in [-0.4, -0.2) is 34.0 Å². The van der Waals surface area contributed by atoms with E-state index < -0.39 is 0 Å². The van der Waals surface area contributed by atoms with Gasteiger partial charge in [-0.1, -0.05) is 0 Å². The molecule has 0 atom stereocenters. The number of aromatic nitrogens is 4. The van der Waals surface area contributed by atoms with Gasteiger partial charge in [0, 0.05) is 19.5 Å². The van der Waals surface area contributed by atoms with Crippen LogP contribution in [0.5, 0.6) is 0 Å². The minimum Gasteiger partial charge on any atom is -0.375 e. The maximum absolute atomic E-state index is 5.62. The summed E-state index contributed by atoms with van der Waals surface area (Å²) in [7, 11) is 3.89. The zero-order chi connectivity index (χ0) is 12.7. The number of nitrogens with one attached hydrogen (secondary N) is 1. The molecule has 3 N–H and O–H groups in total. The molecule has 3 rings (SSSR count). The smallest absolute Gasteiger partial charge is 0.180 e. The molecule has 3 aromatic heterocycles. The Kier molecular flexibility index (Phi) is 2.41. The van der Waals surface area contributed by atoms with E-state index in [4.69, 9.17) is 5.73 Å².